The van der Waals surface area contributed by atoms with Crippen LogP contribution in [0, 0.1) is 5.92 Å². The first kappa shape index (κ1) is 18.7. The van der Waals surface area contributed by atoms with E-state index in [9.17, 15) is 9.59 Å². The lowest BCUT2D eigenvalue weighted by Gasteiger charge is -2.37. The molecule has 0 saturated carbocycles. The number of ether oxygens (including phenoxy) is 1. The Morgan fingerprint density at radius 1 is 1.04 bits per heavy atom. The maximum absolute atomic E-state index is 12.7. The zero-order chi connectivity index (χ0) is 18.4. The first-order valence-electron chi connectivity index (χ1n) is 9.63. The van der Waals surface area contributed by atoms with Crippen LogP contribution in [0.25, 0.3) is 0 Å². The number of piperidine rings is 2. The molecule has 26 heavy (non-hydrogen) atoms. The number of hydrogen-bond donors (Lipinski definition) is 1. The van der Waals surface area contributed by atoms with Crippen molar-refractivity contribution < 1.29 is 14.3 Å². The van der Waals surface area contributed by atoms with Crippen molar-refractivity contribution >= 4 is 11.8 Å². The Kier molecular flexibility index (Phi) is 6.50. The SMILES string of the molecule is NC1CCN(C(=O)C2CCCN(C(=O)CCOc3ccccc3)C2)CC1. The van der Waals surface area contributed by atoms with E-state index in [1.165, 1.54) is 0 Å². The summed E-state index contributed by atoms with van der Waals surface area (Å²) in [6.07, 6.45) is 3.84. The monoisotopic (exact) mass is 359 g/mol. The minimum absolute atomic E-state index is 0.0686. The number of benzene rings is 1. The van der Waals surface area contributed by atoms with Crippen molar-refractivity contribution in [2.75, 3.05) is 32.8 Å². The molecule has 1 aromatic rings. The summed E-state index contributed by atoms with van der Waals surface area (Å²) in [5, 5.41) is 0. The average Bonchev–Trinajstić information content (AvgIpc) is 2.69. The van der Waals surface area contributed by atoms with Gasteiger partial charge in [0.2, 0.25) is 11.8 Å². The molecule has 2 aliphatic rings. The van der Waals surface area contributed by atoms with Crippen LogP contribution in [0.5, 0.6) is 5.75 Å². The third kappa shape index (κ3) is 4.97. The van der Waals surface area contributed by atoms with E-state index in [1.54, 1.807) is 0 Å². The molecular weight excluding hydrogens is 330 g/mol. The van der Waals surface area contributed by atoms with E-state index in [1.807, 2.05) is 40.1 Å². The van der Waals surface area contributed by atoms with E-state index >= 15 is 0 Å². The number of carbonyl (C=O) groups excluding carboxylic acids is 2. The minimum atomic E-state index is -0.0722. The molecule has 3 rings (SSSR count). The van der Waals surface area contributed by atoms with Crippen LogP contribution in [0.1, 0.15) is 32.1 Å². The molecule has 6 nitrogen and oxygen atoms in total. The molecule has 0 aliphatic carbocycles. The van der Waals surface area contributed by atoms with Crippen molar-refractivity contribution in [1.82, 2.24) is 9.80 Å². The van der Waals surface area contributed by atoms with Crippen LogP contribution in [0.15, 0.2) is 30.3 Å². The van der Waals surface area contributed by atoms with Crippen LogP contribution < -0.4 is 10.5 Å². The van der Waals surface area contributed by atoms with E-state index in [0.717, 1.165) is 51.1 Å². The molecule has 1 atom stereocenters. The highest BCUT2D eigenvalue weighted by molar-refractivity contribution is 5.81. The molecule has 2 heterocycles. The number of rotatable bonds is 5. The number of para-hydroxylation sites is 1. The topological polar surface area (TPSA) is 75.9 Å². The Hall–Kier alpha value is -2.08. The molecule has 142 valence electrons. The number of nitrogens with zero attached hydrogens (tertiary/aromatic N) is 2. The number of nitrogens with two attached hydrogens (primary N) is 1. The summed E-state index contributed by atoms with van der Waals surface area (Å²) in [6, 6.07) is 9.72. The zero-order valence-corrected chi connectivity index (χ0v) is 15.3. The quantitative estimate of drug-likeness (QED) is 0.867. The molecule has 0 bridgehead atoms. The summed E-state index contributed by atoms with van der Waals surface area (Å²) >= 11 is 0. The van der Waals surface area contributed by atoms with Crippen molar-refractivity contribution in [2.24, 2.45) is 11.7 Å². The standard InChI is InChI=1S/C20H29N3O3/c21-17-8-12-22(13-9-17)20(25)16-5-4-11-23(15-16)19(24)10-14-26-18-6-2-1-3-7-18/h1-3,6-7,16-17H,4-5,8-15,21H2. The van der Waals surface area contributed by atoms with Crippen molar-refractivity contribution in [2.45, 2.75) is 38.1 Å². The van der Waals surface area contributed by atoms with Gasteiger partial charge in [-0.15, -0.1) is 0 Å². The second kappa shape index (κ2) is 9.03. The number of hydrogen-bond acceptors (Lipinski definition) is 4. The third-order valence-corrected chi connectivity index (χ3v) is 5.30. The van der Waals surface area contributed by atoms with Crippen molar-refractivity contribution in [3.8, 4) is 5.75 Å². The molecular formula is C20H29N3O3. The van der Waals surface area contributed by atoms with Crippen LogP contribution in [-0.2, 0) is 9.59 Å². The van der Waals surface area contributed by atoms with Gasteiger partial charge in [0.15, 0.2) is 0 Å². The minimum Gasteiger partial charge on any atom is -0.493 e. The van der Waals surface area contributed by atoms with Gasteiger partial charge in [0.1, 0.15) is 5.75 Å². The average molecular weight is 359 g/mol. The second-order valence-corrected chi connectivity index (χ2v) is 7.25. The van der Waals surface area contributed by atoms with Crippen LogP contribution in [0.4, 0.5) is 0 Å². The predicted molar refractivity (Wildman–Crippen MR) is 99.6 cm³/mol. The Balaban J connectivity index is 1.45. The Bertz CT molecular complexity index is 600. The van der Waals surface area contributed by atoms with E-state index < -0.39 is 0 Å². The Morgan fingerprint density at radius 3 is 2.50 bits per heavy atom. The van der Waals surface area contributed by atoms with Crippen molar-refractivity contribution in [3.05, 3.63) is 30.3 Å². The van der Waals surface area contributed by atoms with E-state index in [-0.39, 0.29) is 23.8 Å². The van der Waals surface area contributed by atoms with Crippen LogP contribution in [0.3, 0.4) is 0 Å². The Morgan fingerprint density at radius 2 is 1.77 bits per heavy atom. The van der Waals surface area contributed by atoms with E-state index in [0.29, 0.717) is 19.6 Å². The fourth-order valence-electron chi connectivity index (χ4n) is 3.71. The highest BCUT2D eigenvalue weighted by Gasteiger charge is 2.32. The molecule has 2 aliphatic heterocycles. The molecule has 6 heteroatoms. The van der Waals surface area contributed by atoms with Crippen molar-refractivity contribution in [3.63, 3.8) is 0 Å². The fraction of sp³-hybridized carbons (Fsp3) is 0.600. The predicted octanol–water partition coefficient (Wildman–Crippen LogP) is 1.64. The van der Waals surface area contributed by atoms with Crippen LogP contribution in [-0.4, -0.2) is 60.4 Å². The first-order chi connectivity index (χ1) is 12.6. The van der Waals surface area contributed by atoms with Gasteiger partial charge in [0, 0.05) is 32.2 Å². The van der Waals surface area contributed by atoms with Crippen LogP contribution >= 0.6 is 0 Å². The maximum Gasteiger partial charge on any atom is 0.227 e. The maximum atomic E-state index is 12.7. The smallest absolute Gasteiger partial charge is 0.227 e. The molecule has 2 N–H and O–H groups in total. The lowest BCUT2D eigenvalue weighted by Crippen LogP contribution is -2.50. The van der Waals surface area contributed by atoms with Gasteiger partial charge in [-0.3, -0.25) is 9.59 Å². The summed E-state index contributed by atoms with van der Waals surface area (Å²) in [5.74, 6) is 0.960. The summed E-state index contributed by atoms with van der Waals surface area (Å²) in [5.41, 5.74) is 5.92. The van der Waals surface area contributed by atoms with Gasteiger partial charge in [-0.1, -0.05) is 18.2 Å². The zero-order valence-electron chi connectivity index (χ0n) is 15.3. The number of amides is 2. The van der Waals surface area contributed by atoms with Crippen molar-refractivity contribution in [1.29, 1.82) is 0 Å². The number of carbonyl (C=O) groups is 2. The summed E-state index contributed by atoms with van der Waals surface area (Å²) in [7, 11) is 0. The molecule has 0 spiro atoms. The summed E-state index contributed by atoms with van der Waals surface area (Å²) in [4.78, 5) is 29.0. The van der Waals surface area contributed by atoms with Gasteiger partial charge in [0.25, 0.3) is 0 Å². The second-order valence-electron chi connectivity index (χ2n) is 7.25. The molecule has 0 aromatic heterocycles. The fourth-order valence-corrected chi connectivity index (χ4v) is 3.71. The molecule has 1 aromatic carbocycles. The van der Waals surface area contributed by atoms with Crippen LogP contribution in [0.2, 0.25) is 0 Å². The molecule has 1 unspecified atom stereocenters. The molecule has 0 radical (unpaired) electrons. The third-order valence-electron chi connectivity index (χ3n) is 5.30. The first-order valence-corrected chi connectivity index (χ1v) is 9.63. The van der Waals surface area contributed by atoms with E-state index in [2.05, 4.69) is 0 Å². The summed E-state index contributed by atoms with van der Waals surface area (Å²) < 4.78 is 5.61. The highest BCUT2D eigenvalue weighted by Crippen LogP contribution is 2.21. The highest BCUT2D eigenvalue weighted by atomic mass is 16.5. The van der Waals surface area contributed by atoms with E-state index in [4.69, 9.17) is 10.5 Å². The molecule has 2 fully saturated rings. The van der Waals surface area contributed by atoms with Gasteiger partial charge < -0.3 is 20.3 Å². The lowest BCUT2D eigenvalue weighted by molar-refractivity contribution is -0.141. The Labute approximate surface area is 155 Å². The summed E-state index contributed by atoms with van der Waals surface area (Å²) in [6.45, 7) is 3.12. The number of likely N-dealkylation sites (tertiary alicyclic amines) is 2. The van der Waals surface area contributed by atoms with Gasteiger partial charge in [-0.05, 0) is 37.8 Å². The molecule has 2 saturated heterocycles. The van der Waals surface area contributed by atoms with Gasteiger partial charge in [-0.2, -0.15) is 0 Å². The molecule has 2 amide bonds. The van der Waals surface area contributed by atoms with Gasteiger partial charge in [-0.25, -0.2) is 0 Å². The van der Waals surface area contributed by atoms with Gasteiger partial charge in [0.05, 0.1) is 18.9 Å². The van der Waals surface area contributed by atoms with Gasteiger partial charge >= 0.3 is 0 Å². The normalized spacial score (nSPS) is 21.5. The largest absolute Gasteiger partial charge is 0.493 e. The lowest BCUT2D eigenvalue weighted by atomic mass is 9.94.